The highest BCUT2D eigenvalue weighted by atomic mass is 16.5. The van der Waals surface area contributed by atoms with Crippen LogP contribution in [0.1, 0.15) is 50.2 Å². The quantitative estimate of drug-likeness (QED) is 0.754. The molecule has 1 aromatic rings. The van der Waals surface area contributed by atoms with Gasteiger partial charge in [0.05, 0.1) is 13.2 Å². The Morgan fingerprint density at radius 1 is 1.17 bits per heavy atom. The molecule has 1 aliphatic carbocycles. The fourth-order valence-corrected chi connectivity index (χ4v) is 3.35. The molecule has 0 spiro atoms. The minimum absolute atomic E-state index is 0.103. The van der Waals surface area contributed by atoms with Crippen molar-refractivity contribution in [3.63, 3.8) is 0 Å². The number of carbonyl (C=O) groups is 1. The Bertz CT molecular complexity index is 481. The summed E-state index contributed by atoms with van der Waals surface area (Å²) in [7, 11) is 2.05. The van der Waals surface area contributed by atoms with Crippen molar-refractivity contribution in [2.24, 2.45) is 5.92 Å². The maximum Gasteiger partial charge on any atom is 0.234 e. The number of benzene rings is 1. The highest BCUT2D eigenvalue weighted by Gasteiger charge is 2.16. The summed E-state index contributed by atoms with van der Waals surface area (Å²) in [5.74, 6) is 0.876. The van der Waals surface area contributed by atoms with E-state index in [4.69, 9.17) is 4.74 Å². The first-order valence-electron chi connectivity index (χ1n) is 9.28. The predicted octanol–water partition coefficient (Wildman–Crippen LogP) is 3.35. The summed E-state index contributed by atoms with van der Waals surface area (Å²) < 4.78 is 5.39. The Labute approximate surface area is 146 Å². The van der Waals surface area contributed by atoms with Gasteiger partial charge in [-0.25, -0.2) is 0 Å². The van der Waals surface area contributed by atoms with E-state index >= 15 is 0 Å². The lowest BCUT2D eigenvalue weighted by molar-refractivity contribution is -0.122. The van der Waals surface area contributed by atoms with E-state index in [0.29, 0.717) is 19.7 Å². The Hall–Kier alpha value is -1.39. The van der Waals surface area contributed by atoms with Crippen LogP contribution in [0.15, 0.2) is 24.3 Å². The van der Waals surface area contributed by atoms with E-state index in [1.54, 1.807) is 0 Å². The number of rotatable bonds is 9. The number of hydrogen-bond acceptors (Lipinski definition) is 3. The van der Waals surface area contributed by atoms with Crippen molar-refractivity contribution in [3.05, 3.63) is 35.4 Å². The molecule has 1 fully saturated rings. The molecule has 0 atom stereocenters. The molecule has 1 aliphatic rings. The Morgan fingerprint density at radius 3 is 2.50 bits per heavy atom. The van der Waals surface area contributed by atoms with Crippen molar-refractivity contribution in [2.75, 3.05) is 26.7 Å². The number of amides is 1. The third-order valence-corrected chi connectivity index (χ3v) is 4.69. The number of carbonyl (C=O) groups excluding carboxylic acids is 1. The van der Waals surface area contributed by atoms with Crippen LogP contribution in [0.3, 0.4) is 0 Å². The highest BCUT2D eigenvalue weighted by molar-refractivity contribution is 5.77. The van der Waals surface area contributed by atoms with Crippen LogP contribution < -0.4 is 5.32 Å². The second-order valence-electron chi connectivity index (χ2n) is 6.93. The van der Waals surface area contributed by atoms with Crippen LogP contribution in [0, 0.1) is 5.92 Å². The maximum atomic E-state index is 12.1. The van der Waals surface area contributed by atoms with Crippen LogP contribution in [0.2, 0.25) is 0 Å². The third kappa shape index (κ3) is 7.02. The number of likely N-dealkylation sites (N-methyl/N-ethyl adjacent to an activating group) is 1. The minimum atomic E-state index is 0.103. The van der Waals surface area contributed by atoms with Gasteiger partial charge in [-0.05, 0) is 43.9 Å². The van der Waals surface area contributed by atoms with Crippen LogP contribution in [0.25, 0.3) is 0 Å². The zero-order valence-corrected chi connectivity index (χ0v) is 15.2. The lowest BCUT2D eigenvalue weighted by atomic mass is 9.89. The van der Waals surface area contributed by atoms with Crippen molar-refractivity contribution >= 4 is 5.91 Å². The van der Waals surface area contributed by atoms with E-state index in [9.17, 15) is 4.79 Å². The number of ether oxygens (including phenoxy) is 1. The van der Waals surface area contributed by atoms with Gasteiger partial charge in [-0.3, -0.25) is 9.69 Å². The SMILES string of the molecule is CCOCc1ccc(CNC(=O)CN(C)CC2CCCCC2)cc1. The van der Waals surface area contributed by atoms with Gasteiger partial charge >= 0.3 is 0 Å². The van der Waals surface area contributed by atoms with Gasteiger partial charge in [-0.2, -0.15) is 0 Å². The van der Waals surface area contributed by atoms with Crippen LogP contribution in [0.5, 0.6) is 0 Å². The van der Waals surface area contributed by atoms with Gasteiger partial charge in [0.25, 0.3) is 0 Å². The van der Waals surface area contributed by atoms with Crippen molar-refractivity contribution in [2.45, 2.75) is 52.2 Å². The molecule has 0 aromatic heterocycles. The maximum absolute atomic E-state index is 12.1. The summed E-state index contributed by atoms with van der Waals surface area (Å²) in [5.41, 5.74) is 2.29. The predicted molar refractivity (Wildman–Crippen MR) is 97.7 cm³/mol. The summed E-state index contributed by atoms with van der Waals surface area (Å²) in [5, 5.41) is 3.02. The van der Waals surface area contributed by atoms with Gasteiger partial charge < -0.3 is 10.1 Å². The monoisotopic (exact) mass is 332 g/mol. The Kier molecular flexibility index (Phi) is 8.26. The fraction of sp³-hybridized carbons (Fsp3) is 0.650. The normalized spacial score (nSPS) is 15.6. The molecule has 0 radical (unpaired) electrons. The topological polar surface area (TPSA) is 41.6 Å². The molecule has 4 heteroatoms. The van der Waals surface area contributed by atoms with Crippen LogP contribution in [-0.2, 0) is 22.7 Å². The molecule has 0 aliphatic heterocycles. The molecule has 4 nitrogen and oxygen atoms in total. The van der Waals surface area contributed by atoms with Crippen LogP contribution >= 0.6 is 0 Å². The molecule has 134 valence electrons. The van der Waals surface area contributed by atoms with E-state index in [1.165, 1.54) is 37.7 Å². The van der Waals surface area contributed by atoms with E-state index in [2.05, 4.69) is 41.5 Å². The molecule has 1 aromatic carbocycles. The van der Waals surface area contributed by atoms with Crippen molar-refractivity contribution in [3.8, 4) is 0 Å². The zero-order chi connectivity index (χ0) is 17.2. The molecule has 1 N–H and O–H groups in total. The summed E-state index contributed by atoms with van der Waals surface area (Å²) in [6, 6.07) is 8.24. The minimum Gasteiger partial charge on any atom is -0.377 e. The lowest BCUT2D eigenvalue weighted by Crippen LogP contribution is -2.37. The van der Waals surface area contributed by atoms with Gasteiger partial charge in [-0.15, -0.1) is 0 Å². The van der Waals surface area contributed by atoms with Crippen molar-refractivity contribution < 1.29 is 9.53 Å². The second-order valence-corrected chi connectivity index (χ2v) is 6.93. The zero-order valence-electron chi connectivity index (χ0n) is 15.2. The van der Waals surface area contributed by atoms with E-state index in [-0.39, 0.29) is 5.91 Å². The average molecular weight is 332 g/mol. The molecule has 0 saturated heterocycles. The van der Waals surface area contributed by atoms with E-state index < -0.39 is 0 Å². The molecule has 1 amide bonds. The standard InChI is InChI=1S/C20H32N2O2/c1-3-24-16-19-11-9-17(10-12-19)13-21-20(23)15-22(2)14-18-7-5-4-6-8-18/h9-12,18H,3-8,13-16H2,1-2H3,(H,21,23). The molecule has 1 saturated carbocycles. The first-order valence-corrected chi connectivity index (χ1v) is 9.28. The van der Waals surface area contributed by atoms with Crippen LogP contribution in [-0.4, -0.2) is 37.6 Å². The average Bonchev–Trinajstić information content (AvgIpc) is 2.60. The van der Waals surface area contributed by atoms with Crippen LogP contribution in [0.4, 0.5) is 0 Å². The largest absolute Gasteiger partial charge is 0.377 e. The van der Waals surface area contributed by atoms with Crippen molar-refractivity contribution in [1.82, 2.24) is 10.2 Å². The highest BCUT2D eigenvalue weighted by Crippen LogP contribution is 2.23. The molecule has 2 rings (SSSR count). The van der Waals surface area contributed by atoms with Gasteiger partial charge in [0.2, 0.25) is 5.91 Å². The van der Waals surface area contributed by atoms with E-state index in [0.717, 1.165) is 24.6 Å². The molecule has 0 bridgehead atoms. The first-order chi connectivity index (χ1) is 11.7. The molecular formula is C20H32N2O2. The van der Waals surface area contributed by atoms with Gasteiger partial charge in [-0.1, -0.05) is 43.5 Å². The van der Waals surface area contributed by atoms with E-state index in [1.807, 2.05) is 6.92 Å². The summed E-state index contributed by atoms with van der Waals surface area (Å²) >= 11 is 0. The third-order valence-electron chi connectivity index (χ3n) is 4.69. The second kappa shape index (κ2) is 10.5. The number of nitrogens with zero attached hydrogens (tertiary/aromatic N) is 1. The summed E-state index contributed by atoms with van der Waals surface area (Å²) in [4.78, 5) is 14.3. The molecule has 0 unspecified atom stereocenters. The Balaban J connectivity index is 1.66. The Morgan fingerprint density at radius 2 is 1.83 bits per heavy atom. The summed E-state index contributed by atoms with van der Waals surface area (Å²) in [6.07, 6.45) is 6.72. The molecule has 0 heterocycles. The first kappa shape index (κ1) is 18.9. The summed E-state index contributed by atoms with van der Waals surface area (Å²) in [6.45, 7) is 5.49. The van der Waals surface area contributed by atoms with Crippen molar-refractivity contribution in [1.29, 1.82) is 0 Å². The molecular weight excluding hydrogens is 300 g/mol. The van der Waals surface area contributed by atoms with Gasteiger partial charge in [0, 0.05) is 19.7 Å². The van der Waals surface area contributed by atoms with Gasteiger partial charge in [0.1, 0.15) is 0 Å². The number of nitrogens with one attached hydrogen (secondary N) is 1. The van der Waals surface area contributed by atoms with Gasteiger partial charge in [0.15, 0.2) is 0 Å². The molecule has 24 heavy (non-hydrogen) atoms. The number of hydrogen-bond donors (Lipinski definition) is 1. The smallest absolute Gasteiger partial charge is 0.234 e. The fourth-order valence-electron chi connectivity index (χ4n) is 3.35. The lowest BCUT2D eigenvalue weighted by Gasteiger charge is -2.26.